The van der Waals surface area contributed by atoms with E-state index in [2.05, 4.69) is 4.72 Å². The van der Waals surface area contributed by atoms with Crippen molar-refractivity contribution in [1.29, 1.82) is 0 Å². The summed E-state index contributed by atoms with van der Waals surface area (Å²) in [5, 5.41) is 0. The van der Waals surface area contributed by atoms with Gasteiger partial charge in [0.15, 0.2) is 6.10 Å². The van der Waals surface area contributed by atoms with Gasteiger partial charge in [0.05, 0.1) is 10.5 Å². The fraction of sp³-hybridized carbons (Fsp3) is 0.333. The summed E-state index contributed by atoms with van der Waals surface area (Å²) < 4.78 is 32.2. The second kappa shape index (κ2) is 8.75. The van der Waals surface area contributed by atoms with E-state index in [0.29, 0.717) is 6.54 Å². The SMILES string of the molecule is CC(OC(=O)c1ccc(S(=O)(=O)NC2CC2)cc1)C(=O)N(C)Cc1ccccc1. The van der Waals surface area contributed by atoms with Gasteiger partial charge in [0, 0.05) is 19.6 Å². The Bertz CT molecular complexity index is 970. The number of hydrogen-bond donors (Lipinski definition) is 1. The van der Waals surface area contributed by atoms with Gasteiger partial charge in [-0.15, -0.1) is 0 Å². The Morgan fingerprint density at radius 1 is 1.10 bits per heavy atom. The lowest BCUT2D eigenvalue weighted by molar-refractivity contribution is -0.139. The molecule has 0 spiro atoms. The predicted octanol–water partition coefficient (Wildman–Crippen LogP) is 2.33. The molecule has 8 heteroatoms. The predicted molar refractivity (Wildman–Crippen MR) is 108 cm³/mol. The van der Waals surface area contributed by atoms with Crippen LogP contribution in [0.15, 0.2) is 59.5 Å². The lowest BCUT2D eigenvalue weighted by Crippen LogP contribution is -2.37. The highest BCUT2D eigenvalue weighted by Crippen LogP contribution is 2.22. The molecule has 1 aliphatic rings. The van der Waals surface area contributed by atoms with E-state index in [4.69, 9.17) is 4.74 Å². The van der Waals surface area contributed by atoms with E-state index in [0.717, 1.165) is 18.4 Å². The van der Waals surface area contributed by atoms with Crippen LogP contribution in [0.1, 0.15) is 35.7 Å². The number of amides is 1. The van der Waals surface area contributed by atoms with Gasteiger partial charge < -0.3 is 9.64 Å². The largest absolute Gasteiger partial charge is 0.449 e. The molecule has 1 atom stereocenters. The third kappa shape index (κ3) is 5.65. The molecule has 3 rings (SSSR count). The quantitative estimate of drug-likeness (QED) is 0.667. The summed E-state index contributed by atoms with van der Waals surface area (Å²) in [6.45, 7) is 1.92. The molecule has 1 N–H and O–H groups in total. The molecule has 1 saturated carbocycles. The van der Waals surface area contributed by atoms with Crippen LogP contribution in [0, 0.1) is 0 Å². The van der Waals surface area contributed by atoms with Crippen molar-refractivity contribution >= 4 is 21.9 Å². The van der Waals surface area contributed by atoms with Crippen molar-refractivity contribution in [3.8, 4) is 0 Å². The maximum atomic E-state index is 12.5. The minimum Gasteiger partial charge on any atom is -0.449 e. The van der Waals surface area contributed by atoms with Gasteiger partial charge in [0.2, 0.25) is 10.0 Å². The van der Waals surface area contributed by atoms with Gasteiger partial charge in [-0.25, -0.2) is 17.9 Å². The van der Waals surface area contributed by atoms with Crippen LogP contribution in [0.25, 0.3) is 0 Å². The number of rotatable bonds is 8. The maximum Gasteiger partial charge on any atom is 0.338 e. The number of nitrogens with one attached hydrogen (secondary N) is 1. The molecule has 1 unspecified atom stereocenters. The van der Waals surface area contributed by atoms with Gasteiger partial charge in [-0.3, -0.25) is 4.79 Å². The van der Waals surface area contributed by atoms with E-state index < -0.39 is 22.1 Å². The molecule has 7 nitrogen and oxygen atoms in total. The molecular formula is C21H24N2O5S. The van der Waals surface area contributed by atoms with Crippen LogP contribution in [0.3, 0.4) is 0 Å². The number of benzene rings is 2. The van der Waals surface area contributed by atoms with Gasteiger partial charge in [0.1, 0.15) is 0 Å². The number of ether oxygens (including phenoxy) is 1. The average molecular weight is 416 g/mol. The van der Waals surface area contributed by atoms with Crippen LogP contribution < -0.4 is 4.72 Å². The first-order valence-electron chi connectivity index (χ1n) is 9.38. The molecular weight excluding hydrogens is 392 g/mol. The first-order chi connectivity index (χ1) is 13.8. The van der Waals surface area contributed by atoms with E-state index in [-0.39, 0.29) is 22.4 Å². The summed E-state index contributed by atoms with van der Waals surface area (Å²) in [6.07, 6.45) is 0.721. The summed E-state index contributed by atoms with van der Waals surface area (Å²) >= 11 is 0. The fourth-order valence-corrected chi connectivity index (χ4v) is 4.09. The Hall–Kier alpha value is -2.71. The minimum absolute atomic E-state index is 0.00406. The normalized spacial score (nSPS) is 14.8. The highest BCUT2D eigenvalue weighted by molar-refractivity contribution is 7.89. The molecule has 29 heavy (non-hydrogen) atoms. The molecule has 2 aromatic rings. The Kier molecular flexibility index (Phi) is 6.34. The first-order valence-corrected chi connectivity index (χ1v) is 10.9. The highest BCUT2D eigenvalue weighted by atomic mass is 32.2. The lowest BCUT2D eigenvalue weighted by Gasteiger charge is -2.21. The van der Waals surface area contributed by atoms with Gasteiger partial charge >= 0.3 is 5.97 Å². The molecule has 1 amide bonds. The molecule has 0 aliphatic heterocycles. The van der Waals surface area contributed by atoms with Gasteiger partial charge in [0.25, 0.3) is 5.91 Å². The minimum atomic E-state index is -3.58. The maximum absolute atomic E-state index is 12.5. The van der Waals surface area contributed by atoms with Crippen molar-refractivity contribution in [1.82, 2.24) is 9.62 Å². The summed E-state index contributed by atoms with van der Waals surface area (Å²) in [7, 11) is -1.93. The number of hydrogen-bond acceptors (Lipinski definition) is 5. The molecule has 1 fully saturated rings. The van der Waals surface area contributed by atoms with Crippen LogP contribution in [0.2, 0.25) is 0 Å². The molecule has 0 saturated heterocycles. The van der Waals surface area contributed by atoms with Crippen molar-refractivity contribution < 1.29 is 22.7 Å². The molecule has 154 valence electrons. The zero-order valence-electron chi connectivity index (χ0n) is 16.4. The van der Waals surface area contributed by atoms with Crippen LogP contribution in [0.4, 0.5) is 0 Å². The standard InChI is InChI=1S/C21H24N2O5S/c1-15(20(24)23(2)14-16-6-4-3-5-7-16)28-21(25)17-8-12-19(13-9-17)29(26,27)22-18-10-11-18/h3-9,12-13,15,18,22H,10-11,14H2,1-2H3. The van der Waals surface area contributed by atoms with E-state index >= 15 is 0 Å². The van der Waals surface area contributed by atoms with Crippen LogP contribution in [0.5, 0.6) is 0 Å². The average Bonchev–Trinajstić information content (AvgIpc) is 3.51. The smallest absolute Gasteiger partial charge is 0.338 e. The second-order valence-electron chi connectivity index (χ2n) is 7.15. The highest BCUT2D eigenvalue weighted by Gasteiger charge is 2.28. The molecule has 0 radical (unpaired) electrons. The number of carbonyl (C=O) groups excluding carboxylic acids is 2. The molecule has 1 aliphatic carbocycles. The zero-order valence-corrected chi connectivity index (χ0v) is 17.2. The van der Waals surface area contributed by atoms with E-state index in [9.17, 15) is 18.0 Å². The Morgan fingerprint density at radius 2 is 1.72 bits per heavy atom. The third-order valence-corrected chi connectivity index (χ3v) is 6.11. The van der Waals surface area contributed by atoms with Crippen LogP contribution in [-0.2, 0) is 26.1 Å². The third-order valence-electron chi connectivity index (χ3n) is 4.57. The fourth-order valence-electron chi connectivity index (χ4n) is 2.78. The second-order valence-corrected chi connectivity index (χ2v) is 8.86. The monoisotopic (exact) mass is 416 g/mol. The van der Waals surface area contributed by atoms with Crippen LogP contribution in [-0.4, -0.2) is 44.4 Å². The van der Waals surface area contributed by atoms with Crippen molar-refractivity contribution in [2.45, 2.75) is 43.4 Å². The summed E-state index contributed by atoms with van der Waals surface area (Å²) in [4.78, 5) is 26.4. The van der Waals surface area contributed by atoms with Crippen LogP contribution >= 0.6 is 0 Å². The topological polar surface area (TPSA) is 92.8 Å². The first kappa shape index (κ1) is 21.0. The number of esters is 1. The van der Waals surface area contributed by atoms with Crippen molar-refractivity contribution in [3.63, 3.8) is 0 Å². The van der Waals surface area contributed by atoms with E-state index in [1.54, 1.807) is 7.05 Å². The number of carbonyl (C=O) groups is 2. The lowest BCUT2D eigenvalue weighted by atomic mass is 10.2. The van der Waals surface area contributed by atoms with E-state index in [1.807, 2.05) is 30.3 Å². The number of sulfonamides is 1. The van der Waals surface area contributed by atoms with Crippen molar-refractivity contribution in [2.75, 3.05) is 7.05 Å². The number of likely N-dealkylation sites (N-methyl/N-ethyl adjacent to an activating group) is 1. The number of nitrogens with zero attached hydrogens (tertiary/aromatic N) is 1. The van der Waals surface area contributed by atoms with Crippen molar-refractivity contribution in [2.24, 2.45) is 0 Å². The van der Waals surface area contributed by atoms with Gasteiger partial charge in [-0.1, -0.05) is 30.3 Å². The van der Waals surface area contributed by atoms with Gasteiger partial charge in [-0.05, 0) is 49.6 Å². The Balaban J connectivity index is 1.58. The Morgan fingerprint density at radius 3 is 2.31 bits per heavy atom. The Labute approximate surface area is 170 Å². The van der Waals surface area contributed by atoms with Gasteiger partial charge in [-0.2, -0.15) is 0 Å². The molecule has 0 aromatic heterocycles. The molecule has 0 bridgehead atoms. The molecule has 0 heterocycles. The molecule has 2 aromatic carbocycles. The summed E-state index contributed by atoms with van der Waals surface area (Å²) in [5.41, 5.74) is 1.15. The summed E-state index contributed by atoms with van der Waals surface area (Å²) in [5.74, 6) is -1.01. The van der Waals surface area contributed by atoms with Crippen molar-refractivity contribution in [3.05, 3.63) is 65.7 Å². The van der Waals surface area contributed by atoms with E-state index in [1.165, 1.54) is 36.1 Å². The zero-order chi connectivity index (χ0) is 21.0. The summed E-state index contributed by atoms with van der Waals surface area (Å²) in [6, 6.07) is 15.0.